The Morgan fingerprint density at radius 1 is 0.767 bits per heavy atom. The summed E-state index contributed by atoms with van der Waals surface area (Å²) in [6.07, 6.45) is 0.998. The van der Waals surface area contributed by atoms with Crippen LogP contribution in [0, 0.1) is 11.8 Å². The molecule has 5 rings (SSSR count). The van der Waals surface area contributed by atoms with Gasteiger partial charge in [0, 0.05) is 5.57 Å². The molecule has 0 aliphatic heterocycles. The van der Waals surface area contributed by atoms with E-state index in [1.54, 1.807) is 0 Å². The van der Waals surface area contributed by atoms with Crippen LogP contribution in [-0.4, -0.2) is 12.6 Å². The van der Waals surface area contributed by atoms with E-state index in [1.165, 1.54) is 16.7 Å². The van der Waals surface area contributed by atoms with Gasteiger partial charge in [0.1, 0.15) is 0 Å². The van der Waals surface area contributed by atoms with Gasteiger partial charge in [0.25, 0.3) is 0 Å². The zero-order valence-corrected chi connectivity index (χ0v) is 17.2. The fourth-order valence-corrected chi connectivity index (χ4v) is 5.75. The Morgan fingerprint density at radius 3 is 1.80 bits per heavy atom. The van der Waals surface area contributed by atoms with Crippen LogP contribution in [0.3, 0.4) is 0 Å². The first-order valence-corrected chi connectivity index (χ1v) is 10.9. The van der Waals surface area contributed by atoms with E-state index in [1.807, 2.05) is 13.0 Å². The molecule has 1 saturated carbocycles. The maximum Gasteiger partial charge on any atom is 0.334 e. The third kappa shape index (κ3) is 3.08. The fraction of sp³-hybridized carbons (Fsp3) is 0.250. The lowest BCUT2D eigenvalue weighted by Crippen LogP contribution is -2.26. The number of carbonyl (C=O) groups is 1. The van der Waals surface area contributed by atoms with Gasteiger partial charge in [-0.1, -0.05) is 91.0 Å². The summed E-state index contributed by atoms with van der Waals surface area (Å²) >= 11 is 0. The maximum atomic E-state index is 13.2. The number of hydrogen-bond acceptors (Lipinski definition) is 2. The van der Waals surface area contributed by atoms with Crippen LogP contribution in [0.5, 0.6) is 0 Å². The Kier molecular flexibility index (Phi) is 5.00. The summed E-state index contributed by atoms with van der Waals surface area (Å²) in [5.41, 5.74) is 5.91. The minimum atomic E-state index is -0.142. The summed E-state index contributed by atoms with van der Waals surface area (Å²) in [6.45, 7) is 2.29. The van der Waals surface area contributed by atoms with Crippen LogP contribution in [0.1, 0.15) is 41.9 Å². The van der Waals surface area contributed by atoms with Gasteiger partial charge in [0.05, 0.1) is 6.61 Å². The second kappa shape index (κ2) is 7.95. The van der Waals surface area contributed by atoms with Crippen LogP contribution in [0.4, 0.5) is 0 Å². The predicted molar refractivity (Wildman–Crippen MR) is 120 cm³/mol. The molecule has 0 heterocycles. The number of fused-ring (bicyclic) bond motifs is 2. The monoisotopic (exact) mass is 394 g/mol. The van der Waals surface area contributed by atoms with Crippen molar-refractivity contribution in [3.8, 4) is 0 Å². The minimum Gasteiger partial charge on any atom is -0.463 e. The Bertz CT molecular complexity index is 1050. The summed E-state index contributed by atoms with van der Waals surface area (Å²) in [4.78, 5) is 13.2. The number of carbonyl (C=O) groups excluding carboxylic acids is 1. The van der Waals surface area contributed by atoms with E-state index in [0.717, 1.165) is 17.6 Å². The molecule has 2 heteroatoms. The van der Waals surface area contributed by atoms with E-state index in [2.05, 4.69) is 84.9 Å². The van der Waals surface area contributed by atoms with E-state index in [4.69, 9.17) is 4.74 Å². The van der Waals surface area contributed by atoms with E-state index < -0.39 is 0 Å². The highest BCUT2D eigenvalue weighted by atomic mass is 16.5. The minimum absolute atomic E-state index is 0.142. The van der Waals surface area contributed by atoms with E-state index in [0.29, 0.717) is 18.4 Å². The quantitative estimate of drug-likeness (QED) is 0.480. The molecule has 0 aromatic heterocycles. The van der Waals surface area contributed by atoms with Gasteiger partial charge < -0.3 is 4.74 Å². The third-order valence-electron chi connectivity index (χ3n) is 6.74. The summed E-state index contributed by atoms with van der Waals surface area (Å²) < 4.78 is 5.56. The van der Waals surface area contributed by atoms with E-state index in [9.17, 15) is 4.79 Å². The van der Waals surface area contributed by atoms with Crippen LogP contribution < -0.4 is 0 Å². The van der Waals surface area contributed by atoms with Crippen molar-refractivity contribution in [2.75, 3.05) is 6.61 Å². The Hall–Kier alpha value is -3.13. The summed E-state index contributed by atoms with van der Waals surface area (Å²) in [7, 11) is 0. The first-order valence-electron chi connectivity index (χ1n) is 10.9. The highest BCUT2D eigenvalue weighted by Crippen LogP contribution is 2.65. The van der Waals surface area contributed by atoms with Gasteiger partial charge in [-0.15, -0.1) is 0 Å². The van der Waals surface area contributed by atoms with Crippen LogP contribution >= 0.6 is 0 Å². The average Bonchev–Trinajstić information content (AvgIpc) is 3.37. The molecule has 2 nitrogen and oxygen atoms in total. The molecule has 0 radical (unpaired) electrons. The van der Waals surface area contributed by atoms with Crippen molar-refractivity contribution in [1.82, 2.24) is 0 Å². The third-order valence-corrected chi connectivity index (χ3v) is 6.74. The second-order valence-electron chi connectivity index (χ2n) is 8.24. The fourth-order valence-electron chi connectivity index (χ4n) is 5.75. The van der Waals surface area contributed by atoms with Crippen molar-refractivity contribution >= 4 is 11.5 Å². The van der Waals surface area contributed by atoms with Gasteiger partial charge in [-0.2, -0.15) is 0 Å². The van der Waals surface area contributed by atoms with Gasteiger partial charge in [-0.25, -0.2) is 4.79 Å². The topological polar surface area (TPSA) is 26.3 Å². The van der Waals surface area contributed by atoms with Crippen molar-refractivity contribution in [1.29, 1.82) is 0 Å². The first-order chi connectivity index (χ1) is 14.8. The number of hydrogen-bond donors (Lipinski definition) is 0. The molecule has 1 fully saturated rings. The normalized spacial score (nSPS) is 24.8. The summed E-state index contributed by atoms with van der Waals surface area (Å²) in [5, 5.41) is 0. The van der Waals surface area contributed by atoms with E-state index >= 15 is 0 Å². The highest BCUT2D eigenvalue weighted by Gasteiger charge is 2.55. The van der Waals surface area contributed by atoms with Crippen molar-refractivity contribution in [2.45, 2.75) is 25.2 Å². The molecule has 4 atom stereocenters. The molecule has 0 spiro atoms. The standard InChI is InChI=1S/C28H26O2/c1-2-30-28(29)27-23-18-22(26(27)21-16-10-5-11-17-21)24(19-12-6-3-7-13-19)25(23)20-14-8-4-9-15-20/h3-17,22-25H,2,18H2,1H3. The predicted octanol–water partition coefficient (Wildman–Crippen LogP) is 6.22. The largest absolute Gasteiger partial charge is 0.463 e. The molecule has 150 valence electrons. The maximum absolute atomic E-state index is 13.2. The SMILES string of the molecule is CCOC(=O)C1=C(c2ccccc2)C2CC1C(c1ccccc1)C2c1ccccc1. The Balaban J connectivity index is 1.71. The molecule has 3 aromatic carbocycles. The molecule has 0 amide bonds. The lowest BCUT2D eigenvalue weighted by atomic mass is 9.69. The molecular weight excluding hydrogens is 368 g/mol. The first kappa shape index (κ1) is 18.9. The number of allylic oxidation sites excluding steroid dienone is 1. The number of rotatable bonds is 5. The molecule has 30 heavy (non-hydrogen) atoms. The Labute approximate surface area is 178 Å². The van der Waals surface area contributed by atoms with Crippen LogP contribution in [-0.2, 0) is 9.53 Å². The summed E-state index contributed by atoms with van der Waals surface area (Å²) in [6, 6.07) is 31.9. The molecule has 3 aromatic rings. The zero-order chi connectivity index (χ0) is 20.5. The average molecular weight is 395 g/mol. The van der Waals surface area contributed by atoms with Gasteiger partial charge >= 0.3 is 5.97 Å². The molecule has 0 N–H and O–H groups in total. The number of esters is 1. The van der Waals surface area contributed by atoms with Crippen LogP contribution in [0.25, 0.3) is 5.57 Å². The number of ether oxygens (including phenoxy) is 1. The van der Waals surface area contributed by atoms with Crippen molar-refractivity contribution < 1.29 is 9.53 Å². The molecule has 2 bridgehead atoms. The molecular formula is C28H26O2. The lowest BCUT2D eigenvalue weighted by Gasteiger charge is -2.35. The van der Waals surface area contributed by atoms with E-state index in [-0.39, 0.29) is 17.8 Å². The summed E-state index contributed by atoms with van der Waals surface area (Å²) in [5.74, 6) is 0.982. The highest BCUT2D eigenvalue weighted by molar-refractivity contribution is 6.01. The molecule has 0 saturated heterocycles. The molecule has 4 unspecified atom stereocenters. The van der Waals surface area contributed by atoms with Gasteiger partial charge in [0.15, 0.2) is 0 Å². The van der Waals surface area contributed by atoms with Crippen LogP contribution in [0.15, 0.2) is 96.6 Å². The lowest BCUT2D eigenvalue weighted by molar-refractivity contribution is -0.139. The van der Waals surface area contributed by atoms with Crippen molar-refractivity contribution in [2.24, 2.45) is 11.8 Å². The zero-order valence-electron chi connectivity index (χ0n) is 17.2. The number of benzene rings is 3. The molecule has 2 aliphatic rings. The smallest absolute Gasteiger partial charge is 0.334 e. The molecule has 2 aliphatic carbocycles. The second-order valence-corrected chi connectivity index (χ2v) is 8.24. The Morgan fingerprint density at radius 2 is 1.27 bits per heavy atom. The van der Waals surface area contributed by atoms with Gasteiger partial charge in [-0.3, -0.25) is 0 Å². The van der Waals surface area contributed by atoms with Crippen molar-refractivity contribution in [3.05, 3.63) is 113 Å². The van der Waals surface area contributed by atoms with Gasteiger partial charge in [0.2, 0.25) is 0 Å². The van der Waals surface area contributed by atoms with Gasteiger partial charge in [-0.05, 0) is 59.3 Å². The van der Waals surface area contributed by atoms with Crippen LogP contribution in [0.2, 0.25) is 0 Å². The van der Waals surface area contributed by atoms with Crippen molar-refractivity contribution in [3.63, 3.8) is 0 Å².